The number of aromatic nitrogens is 2. The molecule has 9 nitrogen and oxygen atoms in total. The Morgan fingerprint density at radius 1 is 1.00 bits per heavy atom. The second-order valence-corrected chi connectivity index (χ2v) is 20.7. The number of aliphatic imine (C=N–C) groups is 1. The highest BCUT2D eigenvalue weighted by Crippen LogP contribution is 2.43. The van der Waals surface area contributed by atoms with Gasteiger partial charge < -0.3 is 28.5 Å². The van der Waals surface area contributed by atoms with Gasteiger partial charge in [0, 0.05) is 25.1 Å². The van der Waals surface area contributed by atoms with Crippen molar-refractivity contribution in [3.8, 4) is 11.8 Å². The molecule has 0 bridgehead atoms. The van der Waals surface area contributed by atoms with Crippen LogP contribution in [-0.4, -0.2) is 55.1 Å². The van der Waals surface area contributed by atoms with E-state index < -0.39 is 37.3 Å². The topological polar surface area (TPSA) is 96.2 Å². The van der Waals surface area contributed by atoms with Crippen LogP contribution in [0.3, 0.4) is 0 Å². The third-order valence-electron chi connectivity index (χ3n) is 9.47. The first kappa shape index (κ1) is 36.5. The van der Waals surface area contributed by atoms with Crippen LogP contribution in [0.25, 0.3) is 0 Å². The van der Waals surface area contributed by atoms with Gasteiger partial charge in [-0.1, -0.05) is 75.2 Å². The molecule has 1 saturated heterocycles. The summed E-state index contributed by atoms with van der Waals surface area (Å²) in [7, 11) is -2.09. The van der Waals surface area contributed by atoms with Crippen LogP contribution < -0.4 is 5.32 Å². The number of hydrogen-bond acceptors (Lipinski definition) is 7. The summed E-state index contributed by atoms with van der Waals surface area (Å²) in [5, 5.41) is 3.25. The molecule has 2 aliphatic rings. The van der Waals surface area contributed by atoms with Crippen LogP contribution in [0.5, 0.6) is 0 Å². The Kier molecular flexibility index (Phi) is 10.3. The fourth-order valence-electron chi connectivity index (χ4n) is 5.82. The van der Waals surface area contributed by atoms with E-state index in [2.05, 4.69) is 67.7 Å². The zero-order valence-corrected chi connectivity index (χ0v) is 31.8. The maximum absolute atomic E-state index is 13.6. The van der Waals surface area contributed by atoms with E-state index in [-0.39, 0.29) is 5.04 Å². The number of fused-ring (bicyclic) bond motifs is 1. The van der Waals surface area contributed by atoms with Crippen LogP contribution in [0.4, 0.5) is 10.5 Å². The summed E-state index contributed by atoms with van der Waals surface area (Å²) in [6.45, 7) is 22.8. The maximum Gasteiger partial charge on any atom is 0.408 e. The van der Waals surface area contributed by atoms with Gasteiger partial charge in [0.2, 0.25) is 6.29 Å². The zero-order chi connectivity index (χ0) is 35.7. The van der Waals surface area contributed by atoms with Crippen molar-refractivity contribution in [1.82, 2.24) is 14.9 Å². The summed E-state index contributed by atoms with van der Waals surface area (Å²) in [4.78, 5) is 23.5. The smallest absolute Gasteiger partial charge is 0.408 e. The first-order chi connectivity index (χ1) is 22.9. The standard InChI is InChI=1S/C39H52N4O5Si/c1-36(2,3)48-35(44)42-39(22-23-47-49(9,10)37(4,5)6)29-18-14-15-19-30(29)41-31(39)20-21-38(7,8)33-32(34-45-24-25-46-34)43(27-40-33)26-28-16-12-11-13-17-28/h11-19,27,34H,22-26H2,1-10H3,(H,42,44)/t39-/m1/s1. The minimum Gasteiger partial charge on any atom is -0.444 e. The van der Waals surface area contributed by atoms with Gasteiger partial charge in [-0.3, -0.25) is 0 Å². The molecule has 1 fully saturated rings. The fraction of sp³-hybridized carbons (Fsp3) is 0.513. The number of nitrogens with one attached hydrogen (secondary N) is 1. The maximum atomic E-state index is 13.6. The normalized spacial score (nSPS) is 18.4. The molecule has 1 N–H and O–H groups in total. The van der Waals surface area contributed by atoms with E-state index in [1.807, 2.05) is 83.4 Å². The number of hydrogen-bond donors (Lipinski definition) is 1. The molecule has 49 heavy (non-hydrogen) atoms. The molecule has 1 aromatic heterocycles. The van der Waals surface area contributed by atoms with Gasteiger partial charge in [0.1, 0.15) is 16.9 Å². The van der Waals surface area contributed by atoms with Crippen LogP contribution in [0.1, 0.15) is 90.6 Å². The molecule has 5 rings (SSSR count). The Hall–Kier alpha value is -3.75. The molecule has 1 amide bonds. The number of nitrogens with zero attached hydrogens (tertiary/aromatic N) is 3. The second kappa shape index (κ2) is 13.9. The lowest BCUT2D eigenvalue weighted by atomic mass is 9.82. The lowest BCUT2D eigenvalue weighted by Crippen LogP contribution is -2.52. The van der Waals surface area contributed by atoms with Gasteiger partial charge in [0.15, 0.2) is 8.32 Å². The largest absolute Gasteiger partial charge is 0.444 e. The van der Waals surface area contributed by atoms with Gasteiger partial charge in [0.05, 0.1) is 42.0 Å². The molecule has 0 saturated carbocycles. The minimum absolute atomic E-state index is 0.0292. The molecule has 3 heterocycles. The highest BCUT2D eigenvalue weighted by atomic mass is 28.4. The van der Waals surface area contributed by atoms with Crippen LogP contribution in [0, 0.1) is 11.8 Å². The fourth-order valence-corrected chi connectivity index (χ4v) is 6.87. The number of benzene rings is 2. The minimum atomic E-state index is -2.09. The van der Waals surface area contributed by atoms with Gasteiger partial charge >= 0.3 is 6.09 Å². The third kappa shape index (κ3) is 8.18. The van der Waals surface area contributed by atoms with Crippen LogP contribution >= 0.6 is 0 Å². The number of ether oxygens (including phenoxy) is 3. The van der Waals surface area contributed by atoms with Gasteiger partial charge in [-0.15, -0.1) is 0 Å². The molecule has 0 radical (unpaired) electrons. The Morgan fingerprint density at radius 3 is 2.31 bits per heavy atom. The lowest BCUT2D eigenvalue weighted by Gasteiger charge is -2.38. The van der Waals surface area contributed by atoms with E-state index in [1.54, 1.807) is 0 Å². The molecule has 3 aromatic rings. The first-order valence-corrected chi connectivity index (χ1v) is 20.0. The number of rotatable bonds is 9. The number of para-hydroxylation sites is 1. The zero-order valence-electron chi connectivity index (χ0n) is 30.8. The van der Waals surface area contributed by atoms with Crippen LogP contribution in [0.2, 0.25) is 18.1 Å². The molecular weight excluding hydrogens is 633 g/mol. The molecule has 0 aliphatic carbocycles. The highest BCUT2D eigenvalue weighted by molar-refractivity contribution is 6.74. The Balaban J connectivity index is 1.55. The summed E-state index contributed by atoms with van der Waals surface area (Å²) in [5.41, 5.74) is 2.43. The summed E-state index contributed by atoms with van der Waals surface area (Å²) in [6.07, 6.45) is 1.19. The SMILES string of the molecule is CC(C)(C)OC(=O)N[C@@]1(CCO[Si](C)(C)C(C)(C)C)C(C#CC(C)(C)c2ncn(Cc3ccccc3)c2C2OCCO2)=Nc2ccccc21. The van der Waals surface area contributed by atoms with Crippen LogP contribution in [-0.2, 0) is 36.1 Å². The number of amides is 1. The van der Waals surface area contributed by atoms with E-state index in [4.69, 9.17) is 28.6 Å². The monoisotopic (exact) mass is 684 g/mol. The van der Waals surface area contributed by atoms with Crippen molar-refractivity contribution in [2.24, 2.45) is 4.99 Å². The van der Waals surface area contributed by atoms with Gasteiger partial charge in [0.25, 0.3) is 0 Å². The van der Waals surface area contributed by atoms with E-state index in [1.165, 1.54) is 0 Å². The van der Waals surface area contributed by atoms with E-state index in [0.717, 1.165) is 28.2 Å². The number of carbonyl (C=O) groups is 1. The number of carbonyl (C=O) groups excluding carboxylic acids is 1. The van der Waals surface area contributed by atoms with Crippen LogP contribution in [0.15, 0.2) is 65.9 Å². The Bertz CT molecular complexity index is 1730. The van der Waals surface area contributed by atoms with Gasteiger partial charge in [-0.05, 0) is 70.3 Å². The lowest BCUT2D eigenvalue weighted by molar-refractivity contribution is -0.0505. The molecule has 0 spiro atoms. The van der Waals surface area contributed by atoms with Crippen molar-refractivity contribution >= 4 is 25.8 Å². The molecule has 262 valence electrons. The van der Waals surface area contributed by atoms with Crippen molar-refractivity contribution in [3.05, 3.63) is 83.4 Å². The Labute approximate surface area is 292 Å². The predicted molar refractivity (Wildman–Crippen MR) is 196 cm³/mol. The van der Waals surface area contributed by atoms with Crippen molar-refractivity contribution in [1.29, 1.82) is 0 Å². The average molecular weight is 685 g/mol. The molecule has 10 heteroatoms. The number of imidazole rings is 1. The first-order valence-electron chi connectivity index (χ1n) is 17.1. The van der Waals surface area contributed by atoms with Gasteiger partial charge in [-0.25, -0.2) is 14.8 Å². The summed E-state index contributed by atoms with van der Waals surface area (Å²) in [6, 6.07) is 18.1. The van der Waals surface area contributed by atoms with Gasteiger partial charge in [-0.2, -0.15) is 0 Å². The predicted octanol–water partition coefficient (Wildman–Crippen LogP) is 8.18. The third-order valence-corrected chi connectivity index (χ3v) is 14.0. The number of alkyl carbamates (subject to hydrolysis) is 1. The van der Waals surface area contributed by atoms with E-state index >= 15 is 0 Å². The quantitative estimate of drug-likeness (QED) is 0.181. The van der Waals surface area contributed by atoms with Crippen molar-refractivity contribution < 1.29 is 23.4 Å². The molecular formula is C39H52N4O5Si. The molecule has 1 atom stereocenters. The summed E-state index contributed by atoms with van der Waals surface area (Å²) < 4.78 is 26.6. The second-order valence-electron chi connectivity index (χ2n) is 15.9. The summed E-state index contributed by atoms with van der Waals surface area (Å²) >= 11 is 0. The molecule has 2 aliphatic heterocycles. The van der Waals surface area contributed by atoms with E-state index in [0.29, 0.717) is 38.5 Å². The molecule has 0 unspecified atom stereocenters. The van der Waals surface area contributed by atoms with E-state index in [9.17, 15) is 4.79 Å². The summed E-state index contributed by atoms with van der Waals surface area (Å²) in [5.74, 6) is 6.94. The van der Waals surface area contributed by atoms with Crippen molar-refractivity contribution in [2.75, 3.05) is 19.8 Å². The van der Waals surface area contributed by atoms with Crippen molar-refractivity contribution in [3.63, 3.8) is 0 Å². The molecule has 2 aromatic carbocycles. The average Bonchev–Trinajstić information content (AvgIpc) is 3.74. The highest BCUT2D eigenvalue weighted by Gasteiger charge is 2.46. The van der Waals surface area contributed by atoms with Crippen molar-refractivity contribution in [2.45, 2.75) is 109 Å². The Morgan fingerprint density at radius 2 is 1.65 bits per heavy atom.